The fourth-order valence-corrected chi connectivity index (χ4v) is 4.16. The third-order valence-corrected chi connectivity index (χ3v) is 5.59. The molecule has 0 saturated carbocycles. The monoisotopic (exact) mass is 344 g/mol. The molecule has 3 rings (SSSR count). The van der Waals surface area contributed by atoms with E-state index in [2.05, 4.69) is 24.4 Å². The Hall–Kier alpha value is -1.69. The molecule has 3 N–H and O–H groups in total. The molecule has 0 radical (unpaired) electrons. The Kier molecular flexibility index (Phi) is 5.04. The molecule has 0 unspecified atom stereocenters. The number of fused-ring (bicyclic) bond motifs is 1. The minimum absolute atomic E-state index is 0.182. The summed E-state index contributed by atoms with van der Waals surface area (Å²) in [6.07, 6.45) is 4.33. The van der Waals surface area contributed by atoms with Crippen molar-refractivity contribution in [2.24, 2.45) is 5.14 Å². The summed E-state index contributed by atoms with van der Waals surface area (Å²) < 4.78 is 23.7. The third kappa shape index (κ3) is 3.69. The SMILES string of the molecule is CCCN[C@@H]1CCc2ccc(-c3ccccc3S(N)(=O)=O)cc2C1. The Morgan fingerprint density at radius 1 is 1.17 bits per heavy atom. The van der Waals surface area contributed by atoms with E-state index in [1.807, 2.05) is 18.2 Å². The lowest BCUT2D eigenvalue weighted by atomic mass is 9.86. The van der Waals surface area contributed by atoms with Crippen LogP contribution in [-0.4, -0.2) is 21.0 Å². The van der Waals surface area contributed by atoms with Crippen molar-refractivity contribution < 1.29 is 8.42 Å². The van der Waals surface area contributed by atoms with Gasteiger partial charge >= 0.3 is 0 Å². The zero-order valence-corrected chi connectivity index (χ0v) is 14.8. The van der Waals surface area contributed by atoms with Gasteiger partial charge in [0.25, 0.3) is 0 Å². The van der Waals surface area contributed by atoms with Gasteiger partial charge in [-0.05, 0) is 55.0 Å². The molecule has 1 aliphatic rings. The minimum atomic E-state index is -3.74. The van der Waals surface area contributed by atoms with Crippen LogP contribution in [0.15, 0.2) is 47.4 Å². The first kappa shape index (κ1) is 17.1. The number of hydrogen-bond acceptors (Lipinski definition) is 3. The van der Waals surface area contributed by atoms with Gasteiger partial charge in [-0.1, -0.05) is 43.3 Å². The molecule has 0 spiro atoms. The third-order valence-electron chi connectivity index (χ3n) is 4.62. The van der Waals surface area contributed by atoms with Gasteiger partial charge in [-0.15, -0.1) is 0 Å². The summed E-state index contributed by atoms with van der Waals surface area (Å²) in [6.45, 7) is 3.21. The van der Waals surface area contributed by atoms with Crippen molar-refractivity contribution in [3.8, 4) is 11.1 Å². The van der Waals surface area contributed by atoms with E-state index in [0.29, 0.717) is 11.6 Å². The Labute approximate surface area is 144 Å². The van der Waals surface area contributed by atoms with Crippen molar-refractivity contribution in [3.63, 3.8) is 0 Å². The van der Waals surface area contributed by atoms with Crippen LogP contribution in [-0.2, 0) is 22.9 Å². The summed E-state index contributed by atoms with van der Waals surface area (Å²) >= 11 is 0. The van der Waals surface area contributed by atoms with Crippen LogP contribution in [0.25, 0.3) is 11.1 Å². The molecular formula is C19H24N2O2S. The lowest BCUT2D eigenvalue weighted by molar-refractivity contribution is 0.459. The van der Waals surface area contributed by atoms with Crippen LogP contribution in [0.2, 0.25) is 0 Å². The van der Waals surface area contributed by atoms with Crippen LogP contribution >= 0.6 is 0 Å². The number of nitrogens with two attached hydrogens (primary N) is 1. The topological polar surface area (TPSA) is 72.2 Å². The Bertz CT molecular complexity index is 831. The summed E-state index contributed by atoms with van der Waals surface area (Å²) in [6, 6.07) is 13.7. The second-order valence-corrected chi connectivity index (χ2v) is 7.95. The van der Waals surface area contributed by atoms with Crippen LogP contribution in [0.5, 0.6) is 0 Å². The molecule has 0 heterocycles. The number of hydrogen-bond donors (Lipinski definition) is 2. The summed E-state index contributed by atoms with van der Waals surface area (Å²) in [5, 5.41) is 8.96. The van der Waals surface area contributed by atoms with Gasteiger partial charge in [-0.3, -0.25) is 0 Å². The fraction of sp³-hybridized carbons (Fsp3) is 0.368. The second kappa shape index (κ2) is 7.05. The average Bonchev–Trinajstić information content (AvgIpc) is 2.58. The van der Waals surface area contributed by atoms with E-state index >= 15 is 0 Å². The van der Waals surface area contributed by atoms with Crippen molar-refractivity contribution in [2.75, 3.05) is 6.54 Å². The zero-order chi connectivity index (χ0) is 17.2. The molecule has 24 heavy (non-hydrogen) atoms. The standard InChI is InChI=1S/C19H24N2O2S/c1-2-11-21-17-10-9-14-7-8-15(12-16(14)13-17)18-5-3-4-6-19(18)24(20,22)23/h3-8,12,17,21H,2,9-11,13H2,1H3,(H2,20,22,23)/t17-/m1/s1. The van der Waals surface area contributed by atoms with E-state index in [1.54, 1.807) is 12.1 Å². The van der Waals surface area contributed by atoms with Crippen LogP contribution in [0.3, 0.4) is 0 Å². The van der Waals surface area contributed by atoms with Crippen molar-refractivity contribution >= 4 is 10.0 Å². The average molecular weight is 344 g/mol. The highest BCUT2D eigenvalue weighted by molar-refractivity contribution is 7.89. The molecule has 0 aliphatic heterocycles. The maximum absolute atomic E-state index is 11.9. The Balaban J connectivity index is 1.96. The van der Waals surface area contributed by atoms with Crippen LogP contribution < -0.4 is 10.5 Å². The van der Waals surface area contributed by atoms with E-state index < -0.39 is 10.0 Å². The predicted octanol–water partition coefficient (Wildman–Crippen LogP) is 2.86. The van der Waals surface area contributed by atoms with Gasteiger partial charge in [0.05, 0.1) is 4.90 Å². The van der Waals surface area contributed by atoms with Gasteiger partial charge in [0.15, 0.2) is 0 Å². The Morgan fingerprint density at radius 3 is 2.71 bits per heavy atom. The molecule has 0 amide bonds. The quantitative estimate of drug-likeness (QED) is 0.876. The van der Waals surface area contributed by atoms with Crippen molar-refractivity contribution in [1.82, 2.24) is 5.32 Å². The molecule has 2 aromatic carbocycles. The molecule has 0 aromatic heterocycles. The number of sulfonamides is 1. The molecule has 0 saturated heterocycles. The highest BCUT2D eigenvalue weighted by atomic mass is 32.2. The van der Waals surface area contributed by atoms with E-state index in [4.69, 9.17) is 5.14 Å². The largest absolute Gasteiger partial charge is 0.314 e. The first-order chi connectivity index (χ1) is 11.5. The number of benzene rings is 2. The summed E-state index contributed by atoms with van der Waals surface area (Å²) in [5.74, 6) is 0. The van der Waals surface area contributed by atoms with Crippen LogP contribution in [0.4, 0.5) is 0 Å². The second-order valence-electron chi connectivity index (χ2n) is 6.42. The van der Waals surface area contributed by atoms with E-state index in [1.165, 1.54) is 11.1 Å². The van der Waals surface area contributed by atoms with Gasteiger partial charge in [-0.25, -0.2) is 13.6 Å². The van der Waals surface area contributed by atoms with E-state index in [-0.39, 0.29) is 4.90 Å². The summed E-state index contributed by atoms with van der Waals surface area (Å²) in [7, 11) is -3.74. The summed E-state index contributed by atoms with van der Waals surface area (Å²) in [4.78, 5) is 0.182. The smallest absolute Gasteiger partial charge is 0.238 e. The maximum atomic E-state index is 11.9. The fourth-order valence-electron chi connectivity index (χ4n) is 3.40. The van der Waals surface area contributed by atoms with E-state index in [0.717, 1.165) is 37.8 Å². The highest BCUT2D eigenvalue weighted by Crippen LogP contribution is 2.31. The van der Waals surface area contributed by atoms with Gasteiger partial charge in [0.2, 0.25) is 10.0 Å². The van der Waals surface area contributed by atoms with Gasteiger partial charge in [0.1, 0.15) is 0 Å². The zero-order valence-electron chi connectivity index (χ0n) is 14.0. The molecule has 1 aliphatic carbocycles. The van der Waals surface area contributed by atoms with Crippen LogP contribution in [0, 0.1) is 0 Å². The van der Waals surface area contributed by atoms with Crippen molar-refractivity contribution in [3.05, 3.63) is 53.6 Å². The van der Waals surface area contributed by atoms with Gasteiger partial charge < -0.3 is 5.32 Å². The molecule has 0 bridgehead atoms. The number of primary sulfonamides is 1. The molecule has 1 atom stereocenters. The molecule has 128 valence electrons. The maximum Gasteiger partial charge on any atom is 0.238 e. The van der Waals surface area contributed by atoms with Gasteiger partial charge in [0, 0.05) is 11.6 Å². The molecule has 5 heteroatoms. The van der Waals surface area contributed by atoms with E-state index in [9.17, 15) is 8.42 Å². The number of nitrogens with one attached hydrogen (secondary N) is 1. The first-order valence-corrected chi connectivity index (χ1v) is 10.0. The normalized spacial score (nSPS) is 17.5. The lowest BCUT2D eigenvalue weighted by Gasteiger charge is -2.26. The minimum Gasteiger partial charge on any atom is -0.314 e. The molecular weight excluding hydrogens is 320 g/mol. The van der Waals surface area contributed by atoms with Crippen molar-refractivity contribution in [2.45, 2.75) is 43.5 Å². The number of rotatable bonds is 5. The molecule has 0 fully saturated rings. The molecule has 2 aromatic rings. The van der Waals surface area contributed by atoms with Gasteiger partial charge in [-0.2, -0.15) is 0 Å². The number of aryl methyl sites for hydroxylation is 1. The Morgan fingerprint density at radius 2 is 1.96 bits per heavy atom. The molecule has 4 nitrogen and oxygen atoms in total. The first-order valence-electron chi connectivity index (χ1n) is 8.46. The predicted molar refractivity (Wildman–Crippen MR) is 97.4 cm³/mol. The highest BCUT2D eigenvalue weighted by Gasteiger charge is 2.20. The van der Waals surface area contributed by atoms with Crippen LogP contribution in [0.1, 0.15) is 30.9 Å². The lowest BCUT2D eigenvalue weighted by Crippen LogP contribution is -2.34. The van der Waals surface area contributed by atoms with Crippen molar-refractivity contribution in [1.29, 1.82) is 0 Å². The summed E-state index contributed by atoms with van der Waals surface area (Å²) in [5.41, 5.74) is 4.25.